The SMILES string of the molecule is CCC(C)c1ccc(C)cc1.COCC/C=C(\C=C/CC(=O)NC(C)C)C(C1C=C2C(=O)N(c3ccc(C(C(F)(F)F)C(F)(F)F)cc3)C(=O)C2=CC1)(C(F)(F)F)C(F)(F)F. The maximum Gasteiger partial charge on any atom is 0.407 e. The molecule has 61 heavy (non-hydrogen) atoms. The van der Waals surface area contributed by atoms with E-state index in [0.29, 0.717) is 54.5 Å². The number of methoxy groups -OCH3 is 1. The van der Waals surface area contributed by atoms with Crippen LogP contribution in [0.4, 0.5) is 58.4 Å². The molecule has 2 aromatic rings. The number of nitrogens with zero attached hydrogens (tertiary/aromatic N) is 1. The molecule has 0 aromatic heterocycles. The van der Waals surface area contributed by atoms with Crippen LogP contribution in [0.25, 0.3) is 0 Å². The normalized spacial score (nSPS) is 17.3. The Labute approximate surface area is 345 Å². The first-order chi connectivity index (χ1) is 28.1. The van der Waals surface area contributed by atoms with Crippen molar-refractivity contribution >= 4 is 23.4 Å². The van der Waals surface area contributed by atoms with Gasteiger partial charge in [-0.1, -0.05) is 86.2 Å². The molecule has 1 aliphatic heterocycles. The Morgan fingerprint density at radius 2 is 1.34 bits per heavy atom. The second-order valence-electron chi connectivity index (χ2n) is 14.9. The van der Waals surface area contributed by atoms with Crippen LogP contribution in [0.3, 0.4) is 0 Å². The monoisotopic (exact) mass is 882 g/mol. The average molecular weight is 883 g/mol. The number of halogens is 12. The number of carbonyl (C=O) groups is 3. The van der Waals surface area contributed by atoms with Gasteiger partial charge in [-0.05, 0) is 74.8 Å². The average Bonchev–Trinajstić information content (AvgIpc) is 3.38. The van der Waals surface area contributed by atoms with Crippen molar-refractivity contribution in [1.82, 2.24) is 5.32 Å². The van der Waals surface area contributed by atoms with Crippen LogP contribution in [0.5, 0.6) is 0 Å². The first-order valence-electron chi connectivity index (χ1n) is 19.0. The van der Waals surface area contributed by atoms with E-state index < -0.39 is 107 Å². The van der Waals surface area contributed by atoms with E-state index in [-0.39, 0.29) is 17.5 Å². The summed E-state index contributed by atoms with van der Waals surface area (Å²) in [5.74, 6) is -9.23. The van der Waals surface area contributed by atoms with E-state index in [4.69, 9.17) is 4.74 Å². The predicted molar refractivity (Wildman–Crippen MR) is 204 cm³/mol. The number of allylic oxidation sites excluding steroid dienone is 4. The number of rotatable bonds is 13. The lowest BCUT2D eigenvalue weighted by molar-refractivity contribution is -0.336. The quantitative estimate of drug-likeness (QED) is 0.0941. The van der Waals surface area contributed by atoms with Crippen molar-refractivity contribution in [2.75, 3.05) is 18.6 Å². The lowest BCUT2D eigenvalue weighted by Gasteiger charge is -2.44. The minimum Gasteiger partial charge on any atom is -0.384 e. The van der Waals surface area contributed by atoms with Crippen LogP contribution in [-0.4, -0.2) is 62.2 Å². The van der Waals surface area contributed by atoms with E-state index in [1.54, 1.807) is 13.8 Å². The fourth-order valence-corrected chi connectivity index (χ4v) is 6.97. The van der Waals surface area contributed by atoms with Crippen LogP contribution in [0.15, 0.2) is 95.6 Å². The Bertz CT molecular complexity index is 1940. The van der Waals surface area contributed by atoms with Crippen molar-refractivity contribution in [3.8, 4) is 0 Å². The van der Waals surface area contributed by atoms with Gasteiger partial charge in [-0.3, -0.25) is 14.4 Å². The van der Waals surface area contributed by atoms with E-state index in [1.165, 1.54) is 17.5 Å². The fourth-order valence-electron chi connectivity index (χ4n) is 6.97. The van der Waals surface area contributed by atoms with Crippen molar-refractivity contribution in [2.45, 2.75) is 103 Å². The molecule has 1 saturated heterocycles. The summed E-state index contributed by atoms with van der Waals surface area (Å²) in [7, 11) is 1.16. The van der Waals surface area contributed by atoms with Gasteiger partial charge in [-0.15, -0.1) is 0 Å². The van der Waals surface area contributed by atoms with Crippen LogP contribution in [0, 0.1) is 18.3 Å². The van der Waals surface area contributed by atoms with Gasteiger partial charge in [0.15, 0.2) is 11.3 Å². The summed E-state index contributed by atoms with van der Waals surface area (Å²) in [6, 6.07) is 10.3. The van der Waals surface area contributed by atoms with Crippen molar-refractivity contribution in [2.24, 2.45) is 11.3 Å². The van der Waals surface area contributed by atoms with Crippen LogP contribution < -0.4 is 10.2 Å². The summed E-state index contributed by atoms with van der Waals surface area (Å²) in [5, 5.41) is 2.44. The molecule has 2 unspecified atom stereocenters. The van der Waals surface area contributed by atoms with Gasteiger partial charge in [0.1, 0.15) is 0 Å². The molecule has 2 atom stereocenters. The summed E-state index contributed by atoms with van der Waals surface area (Å²) >= 11 is 0. The molecule has 2 aromatic carbocycles. The second kappa shape index (κ2) is 19.9. The molecule has 6 nitrogen and oxygen atoms in total. The maximum atomic E-state index is 15.0. The number of nitrogens with one attached hydrogen (secondary N) is 1. The summed E-state index contributed by atoms with van der Waals surface area (Å²) in [5.41, 5.74) is -6.59. The third-order valence-electron chi connectivity index (χ3n) is 10.1. The van der Waals surface area contributed by atoms with Crippen LogP contribution in [0.2, 0.25) is 0 Å². The van der Waals surface area contributed by atoms with E-state index in [9.17, 15) is 40.7 Å². The molecular formula is C43H46F12N2O4. The van der Waals surface area contributed by atoms with Gasteiger partial charge in [0.25, 0.3) is 11.8 Å². The Morgan fingerprint density at radius 1 is 0.820 bits per heavy atom. The number of benzene rings is 2. The molecule has 0 saturated carbocycles. The first-order valence-corrected chi connectivity index (χ1v) is 19.0. The molecule has 1 aliphatic carbocycles. The lowest BCUT2D eigenvalue weighted by Crippen LogP contribution is -2.56. The number of hydrogen-bond acceptors (Lipinski definition) is 4. The van der Waals surface area contributed by atoms with Crippen LogP contribution in [-0.2, 0) is 19.1 Å². The van der Waals surface area contributed by atoms with Crippen molar-refractivity contribution in [3.63, 3.8) is 0 Å². The van der Waals surface area contributed by atoms with E-state index in [2.05, 4.69) is 50.4 Å². The van der Waals surface area contributed by atoms with Crippen molar-refractivity contribution < 1.29 is 71.8 Å². The third kappa shape index (κ3) is 11.7. The number of hydrogen-bond donors (Lipinski definition) is 1. The highest BCUT2D eigenvalue weighted by Crippen LogP contribution is 2.62. The smallest absolute Gasteiger partial charge is 0.384 e. The molecule has 0 bridgehead atoms. The van der Waals surface area contributed by atoms with Crippen molar-refractivity contribution in [3.05, 3.63) is 112 Å². The number of ether oxygens (including phenoxy) is 1. The fraction of sp³-hybridized carbons (Fsp3) is 0.465. The lowest BCUT2D eigenvalue weighted by atomic mass is 9.64. The molecule has 2 aliphatic rings. The molecule has 336 valence electrons. The Kier molecular flexibility index (Phi) is 16.5. The number of imide groups is 1. The molecule has 0 spiro atoms. The highest BCUT2D eigenvalue weighted by molar-refractivity contribution is 6.37. The number of fused-ring (bicyclic) bond motifs is 1. The zero-order chi connectivity index (χ0) is 46.3. The second-order valence-corrected chi connectivity index (χ2v) is 14.9. The molecule has 0 radical (unpaired) electrons. The first kappa shape index (κ1) is 50.5. The van der Waals surface area contributed by atoms with Crippen LogP contribution >= 0.6 is 0 Å². The van der Waals surface area contributed by atoms with Gasteiger partial charge < -0.3 is 10.1 Å². The summed E-state index contributed by atoms with van der Waals surface area (Å²) in [6.45, 7) is 9.49. The largest absolute Gasteiger partial charge is 0.407 e. The third-order valence-corrected chi connectivity index (χ3v) is 10.1. The van der Waals surface area contributed by atoms with Gasteiger partial charge in [0.05, 0.1) is 5.69 Å². The van der Waals surface area contributed by atoms with Gasteiger partial charge in [0, 0.05) is 43.2 Å². The number of anilines is 1. The Morgan fingerprint density at radius 3 is 1.82 bits per heavy atom. The molecule has 18 heteroatoms. The molecular weight excluding hydrogens is 836 g/mol. The molecule has 4 rings (SSSR count). The Hall–Kier alpha value is -4.87. The highest BCUT2D eigenvalue weighted by Gasteiger charge is 2.75. The molecule has 1 heterocycles. The van der Waals surface area contributed by atoms with Gasteiger partial charge in [-0.2, -0.15) is 52.7 Å². The summed E-state index contributed by atoms with van der Waals surface area (Å²) in [6.07, 6.45) is -21.6. The number of aryl methyl sites for hydroxylation is 1. The molecule has 3 amide bonds. The van der Waals surface area contributed by atoms with Crippen molar-refractivity contribution in [1.29, 1.82) is 0 Å². The van der Waals surface area contributed by atoms with E-state index in [1.807, 2.05) is 0 Å². The minimum atomic E-state index is -6.09. The number of carbonyl (C=O) groups excluding carboxylic acids is 3. The summed E-state index contributed by atoms with van der Waals surface area (Å²) < 4.78 is 174. The predicted octanol–water partition coefficient (Wildman–Crippen LogP) is 11.7. The van der Waals surface area contributed by atoms with Crippen LogP contribution in [0.1, 0.15) is 81.9 Å². The zero-order valence-corrected chi connectivity index (χ0v) is 34.0. The standard InChI is InChI=1S/C32H30F12N2O4.C11H16/c1-17(2)45-24(47)8-4-6-19(7-5-15-50-3)28(31(39,40)41,32(42,43)44)20-11-14-22-23(16-20)27(49)46(26(22)48)21-12-9-18(10-13-21)25(29(33,34)35)30(36,37)38;1-4-10(3)11-7-5-9(2)6-8-11/h4,6-7,9-10,12-14,16-17,20,25H,5,8,11,15H2,1-3H3,(H,45,47);5-8,10H,4H2,1-3H3/b6-4-,19-7+;. The number of alkyl halides is 12. The molecule has 1 fully saturated rings. The summed E-state index contributed by atoms with van der Waals surface area (Å²) in [4.78, 5) is 38.8. The van der Waals surface area contributed by atoms with Gasteiger partial charge in [-0.25, -0.2) is 4.90 Å². The van der Waals surface area contributed by atoms with E-state index in [0.717, 1.165) is 13.2 Å². The molecule has 1 N–H and O–H groups in total. The zero-order valence-electron chi connectivity index (χ0n) is 34.0. The Balaban J connectivity index is 0.000000779. The minimum absolute atomic E-state index is 0.228. The highest BCUT2D eigenvalue weighted by atomic mass is 19.4. The maximum absolute atomic E-state index is 15.0. The number of amides is 3. The topological polar surface area (TPSA) is 75.7 Å². The van der Waals surface area contributed by atoms with E-state index >= 15 is 26.3 Å². The van der Waals surface area contributed by atoms with Gasteiger partial charge >= 0.3 is 24.7 Å². The van der Waals surface area contributed by atoms with Gasteiger partial charge in [0.2, 0.25) is 5.91 Å².